The van der Waals surface area contributed by atoms with Gasteiger partial charge in [0.05, 0.1) is 16.1 Å². The lowest BCUT2D eigenvalue weighted by atomic mass is 10.4. The summed E-state index contributed by atoms with van der Waals surface area (Å²) in [5.74, 6) is 0. The molecule has 0 fully saturated rings. The molecule has 0 amide bonds. The quantitative estimate of drug-likeness (QED) is 0.671. The van der Waals surface area contributed by atoms with Crippen LogP contribution >= 0.6 is 31.9 Å². The fourth-order valence-electron chi connectivity index (χ4n) is 1.79. The number of hydrogen-bond acceptors (Lipinski definition) is 0. The minimum atomic E-state index is -1.26. The molecule has 0 radical (unpaired) electrons. The minimum Gasteiger partial charge on any atom is -0.0656 e. The fraction of sp³-hybridized carbons (Fsp3) is 0.500. The summed E-state index contributed by atoms with van der Waals surface area (Å²) in [4.78, 5) is 0. The Morgan fingerprint density at radius 3 is 1.12 bits per heavy atom. The highest BCUT2D eigenvalue weighted by Crippen LogP contribution is 2.23. The van der Waals surface area contributed by atoms with Gasteiger partial charge in [0.25, 0.3) is 0 Å². The van der Waals surface area contributed by atoms with Crippen LogP contribution in [0.25, 0.3) is 0 Å². The van der Waals surface area contributed by atoms with E-state index in [1.807, 2.05) is 0 Å². The van der Waals surface area contributed by atoms with Gasteiger partial charge in [-0.2, -0.15) is 0 Å². The van der Waals surface area contributed by atoms with Gasteiger partial charge in [0.2, 0.25) is 0 Å². The first-order chi connectivity index (χ1) is 7.03. The van der Waals surface area contributed by atoms with Gasteiger partial charge in [0.1, 0.15) is 0 Å². The van der Waals surface area contributed by atoms with Crippen molar-refractivity contribution in [3.05, 3.63) is 21.1 Å². The molecule has 90 valence electrons. The maximum Gasteiger partial charge on any atom is 0.0774 e. The largest absolute Gasteiger partial charge is 0.0774 e. The second-order valence-electron chi connectivity index (χ2n) is 6.31. The van der Waals surface area contributed by atoms with Gasteiger partial charge in [-0.1, -0.05) is 49.7 Å². The Labute approximate surface area is 118 Å². The Morgan fingerprint density at radius 1 is 0.688 bits per heavy atom. The Bertz CT molecular complexity index is 362. The Balaban J connectivity index is 3.53. The van der Waals surface area contributed by atoms with Gasteiger partial charge < -0.3 is 0 Å². The highest BCUT2D eigenvalue weighted by Gasteiger charge is 2.28. The van der Waals surface area contributed by atoms with E-state index in [1.165, 1.54) is 8.95 Å². The van der Waals surface area contributed by atoms with Crippen molar-refractivity contribution in [2.24, 2.45) is 0 Å². The molecule has 0 bridgehead atoms. The van der Waals surface area contributed by atoms with E-state index < -0.39 is 16.1 Å². The van der Waals surface area contributed by atoms with Gasteiger partial charge >= 0.3 is 0 Å². The van der Waals surface area contributed by atoms with Crippen LogP contribution in [0.4, 0.5) is 0 Å². The van der Waals surface area contributed by atoms with Crippen LogP contribution in [0, 0.1) is 0 Å². The molecule has 1 rings (SSSR count). The summed E-state index contributed by atoms with van der Waals surface area (Å²) in [6, 6.07) is 4.67. The molecule has 1 aromatic rings. The van der Waals surface area contributed by atoms with Crippen molar-refractivity contribution >= 4 is 58.4 Å². The zero-order valence-electron chi connectivity index (χ0n) is 10.9. The van der Waals surface area contributed by atoms with E-state index in [0.29, 0.717) is 0 Å². The SMILES string of the molecule is C[Si](C)(C)c1cc(Br)c(Br)cc1[Si](C)(C)C. The molecule has 0 unspecified atom stereocenters. The summed E-state index contributed by atoms with van der Waals surface area (Å²) in [6.07, 6.45) is 0. The molecule has 0 nitrogen and oxygen atoms in total. The zero-order chi connectivity index (χ0) is 12.7. The summed E-state index contributed by atoms with van der Waals surface area (Å²) in [7, 11) is -2.52. The normalized spacial score (nSPS) is 13.0. The molecular formula is C12H20Br2Si2. The lowest BCUT2D eigenvalue weighted by Gasteiger charge is -2.28. The monoisotopic (exact) mass is 378 g/mol. The van der Waals surface area contributed by atoms with Gasteiger partial charge in [-0.05, 0) is 44.0 Å². The molecule has 0 aliphatic carbocycles. The fourth-order valence-corrected chi connectivity index (χ4v) is 8.06. The second kappa shape index (κ2) is 4.71. The van der Waals surface area contributed by atoms with Crippen molar-refractivity contribution < 1.29 is 0 Å². The summed E-state index contributed by atoms with van der Waals surface area (Å²) in [5.41, 5.74) is 0. The van der Waals surface area contributed by atoms with Gasteiger partial charge in [-0.25, -0.2) is 0 Å². The summed E-state index contributed by atoms with van der Waals surface area (Å²) >= 11 is 7.26. The van der Waals surface area contributed by atoms with Crippen LogP contribution < -0.4 is 10.4 Å². The van der Waals surface area contributed by atoms with Crippen molar-refractivity contribution in [2.45, 2.75) is 39.3 Å². The molecule has 1 aromatic carbocycles. The lowest BCUT2D eigenvalue weighted by molar-refractivity contribution is 1.59. The van der Waals surface area contributed by atoms with Gasteiger partial charge in [0, 0.05) is 8.95 Å². The molecule has 0 saturated heterocycles. The summed E-state index contributed by atoms with van der Waals surface area (Å²) in [6.45, 7) is 14.5. The van der Waals surface area contributed by atoms with E-state index in [1.54, 1.807) is 10.4 Å². The third-order valence-electron chi connectivity index (χ3n) is 2.68. The van der Waals surface area contributed by atoms with Gasteiger partial charge in [-0.3, -0.25) is 0 Å². The van der Waals surface area contributed by atoms with E-state index in [2.05, 4.69) is 83.3 Å². The van der Waals surface area contributed by atoms with Crippen molar-refractivity contribution in [3.8, 4) is 0 Å². The van der Waals surface area contributed by atoms with Crippen molar-refractivity contribution in [1.82, 2.24) is 0 Å². The zero-order valence-corrected chi connectivity index (χ0v) is 16.1. The molecular weight excluding hydrogens is 360 g/mol. The predicted molar refractivity (Wildman–Crippen MR) is 87.8 cm³/mol. The molecule has 0 N–H and O–H groups in total. The lowest BCUT2D eigenvalue weighted by Crippen LogP contribution is -2.56. The van der Waals surface area contributed by atoms with Crippen LogP contribution in [0.1, 0.15) is 0 Å². The molecule has 4 heteroatoms. The van der Waals surface area contributed by atoms with Crippen LogP contribution in [0.5, 0.6) is 0 Å². The van der Waals surface area contributed by atoms with E-state index in [0.717, 1.165) is 0 Å². The first kappa shape index (κ1) is 14.7. The highest BCUT2D eigenvalue weighted by molar-refractivity contribution is 9.13. The van der Waals surface area contributed by atoms with Gasteiger partial charge in [0.15, 0.2) is 0 Å². The molecule has 16 heavy (non-hydrogen) atoms. The predicted octanol–water partition coefficient (Wildman–Crippen LogP) is 4.30. The maximum absolute atomic E-state index is 3.63. The van der Waals surface area contributed by atoms with E-state index in [4.69, 9.17) is 0 Å². The second-order valence-corrected chi connectivity index (χ2v) is 18.1. The number of hydrogen-bond donors (Lipinski definition) is 0. The standard InChI is InChI=1S/C12H20Br2Si2/c1-15(2,3)11-7-9(13)10(14)8-12(11)16(4,5)6/h7-8H,1-6H3. The first-order valence-electron chi connectivity index (χ1n) is 5.53. The van der Waals surface area contributed by atoms with Crippen molar-refractivity contribution in [2.75, 3.05) is 0 Å². The average molecular weight is 380 g/mol. The first-order valence-corrected chi connectivity index (χ1v) is 14.1. The molecule has 0 aromatic heterocycles. The van der Waals surface area contributed by atoms with Gasteiger partial charge in [-0.15, -0.1) is 0 Å². The Morgan fingerprint density at radius 2 is 0.938 bits per heavy atom. The average Bonchev–Trinajstić information content (AvgIpc) is 2.05. The summed E-state index contributed by atoms with van der Waals surface area (Å²) in [5, 5.41) is 3.23. The van der Waals surface area contributed by atoms with Crippen LogP contribution in [-0.4, -0.2) is 16.1 Å². The molecule has 0 saturated carbocycles. The van der Waals surface area contributed by atoms with E-state index in [9.17, 15) is 0 Å². The highest BCUT2D eigenvalue weighted by atomic mass is 79.9. The molecule has 0 spiro atoms. The van der Waals surface area contributed by atoms with Crippen LogP contribution in [-0.2, 0) is 0 Å². The van der Waals surface area contributed by atoms with Crippen LogP contribution in [0.2, 0.25) is 39.3 Å². The number of halogens is 2. The third kappa shape index (κ3) is 3.31. The minimum absolute atomic E-state index is 1.19. The molecule has 0 heterocycles. The molecule has 0 aliphatic heterocycles. The van der Waals surface area contributed by atoms with Crippen LogP contribution in [0.15, 0.2) is 21.1 Å². The smallest absolute Gasteiger partial charge is 0.0656 e. The Kier molecular flexibility index (Phi) is 4.32. The topological polar surface area (TPSA) is 0 Å². The Hall–Kier alpha value is 0.614. The number of rotatable bonds is 2. The van der Waals surface area contributed by atoms with E-state index >= 15 is 0 Å². The molecule has 0 aliphatic rings. The maximum atomic E-state index is 3.63. The third-order valence-corrected chi connectivity index (χ3v) is 8.83. The molecule has 0 atom stereocenters. The van der Waals surface area contributed by atoms with Crippen molar-refractivity contribution in [3.63, 3.8) is 0 Å². The summed E-state index contributed by atoms with van der Waals surface area (Å²) < 4.78 is 2.37. The van der Waals surface area contributed by atoms with Crippen molar-refractivity contribution in [1.29, 1.82) is 0 Å². The van der Waals surface area contributed by atoms with Crippen LogP contribution in [0.3, 0.4) is 0 Å². The van der Waals surface area contributed by atoms with E-state index in [-0.39, 0.29) is 0 Å². The number of benzene rings is 1.